The average Bonchev–Trinajstić information content (AvgIpc) is 3.36. The van der Waals surface area contributed by atoms with E-state index in [-0.39, 0.29) is 11.9 Å². The number of hydrogen-bond acceptors (Lipinski definition) is 3. The van der Waals surface area contributed by atoms with Crippen LogP contribution in [0, 0.1) is 0 Å². The minimum atomic E-state index is 0.112. The number of ether oxygens (including phenoxy) is 2. The third kappa shape index (κ3) is 5.13. The summed E-state index contributed by atoms with van der Waals surface area (Å²) in [7, 11) is 3.33. The van der Waals surface area contributed by atoms with Gasteiger partial charge in [0.15, 0.2) is 0 Å². The molecule has 0 aliphatic heterocycles. The summed E-state index contributed by atoms with van der Waals surface area (Å²) >= 11 is 0. The standard InChI is InChI=1S/C32H31NO3/c1-35-29-14-8-9-23(17-29)22-33(28-18-25-12-6-7-13-26(25)19-28)32(34)21-27-20-30(36-2)15-16-31(27)24-10-4-3-5-11-24/h3-17,20,28H,18-19,21-22H2,1-2H3. The summed E-state index contributed by atoms with van der Waals surface area (Å²) in [5.74, 6) is 1.67. The van der Waals surface area contributed by atoms with Crippen molar-refractivity contribution in [3.05, 3.63) is 119 Å². The van der Waals surface area contributed by atoms with Crippen LogP contribution in [0.5, 0.6) is 11.5 Å². The third-order valence-electron chi connectivity index (χ3n) is 7.02. The van der Waals surface area contributed by atoms with Gasteiger partial charge in [-0.1, -0.05) is 72.8 Å². The third-order valence-corrected chi connectivity index (χ3v) is 7.02. The van der Waals surface area contributed by atoms with Gasteiger partial charge >= 0.3 is 0 Å². The molecule has 36 heavy (non-hydrogen) atoms. The molecule has 1 aliphatic rings. The SMILES string of the molecule is COc1cccc(CN(C(=O)Cc2cc(OC)ccc2-c2ccccc2)C2Cc3ccccc3C2)c1. The molecular weight excluding hydrogens is 446 g/mol. The van der Waals surface area contributed by atoms with Crippen LogP contribution in [0.15, 0.2) is 97.1 Å². The van der Waals surface area contributed by atoms with E-state index in [1.54, 1.807) is 14.2 Å². The monoisotopic (exact) mass is 477 g/mol. The number of methoxy groups -OCH3 is 2. The van der Waals surface area contributed by atoms with Gasteiger partial charge in [-0.3, -0.25) is 4.79 Å². The highest BCUT2D eigenvalue weighted by Crippen LogP contribution is 2.31. The van der Waals surface area contributed by atoms with Crippen molar-refractivity contribution in [2.45, 2.75) is 31.8 Å². The first kappa shape index (κ1) is 23.7. The number of rotatable bonds is 8. The molecule has 0 bridgehead atoms. The Kier molecular flexibility index (Phi) is 7.03. The van der Waals surface area contributed by atoms with Crippen molar-refractivity contribution in [2.75, 3.05) is 14.2 Å². The Balaban J connectivity index is 1.47. The molecule has 0 saturated carbocycles. The summed E-state index contributed by atoms with van der Waals surface area (Å²) in [5, 5.41) is 0. The van der Waals surface area contributed by atoms with Gasteiger partial charge in [-0.2, -0.15) is 0 Å². The molecule has 0 saturated heterocycles. The average molecular weight is 478 g/mol. The topological polar surface area (TPSA) is 38.8 Å². The molecule has 182 valence electrons. The first-order valence-corrected chi connectivity index (χ1v) is 12.4. The Hall–Kier alpha value is -4.05. The van der Waals surface area contributed by atoms with Crippen molar-refractivity contribution >= 4 is 5.91 Å². The summed E-state index contributed by atoms with van der Waals surface area (Å²) in [4.78, 5) is 16.1. The molecule has 0 atom stereocenters. The fourth-order valence-electron chi connectivity index (χ4n) is 5.15. The normalized spacial score (nSPS) is 12.7. The second kappa shape index (κ2) is 10.7. The van der Waals surface area contributed by atoms with Gasteiger partial charge < -0.3 is 14.4 Å². The van der Waals surface area contributed by atoms with Crippen LogP contribution >= 0.6 is 0 Å². The molecule has 4 heteroatoms. The van der Waals surface area contributed by atoms with Crippen molar-refractivity contribution in [2.24, 2.45) is 0 Å². The Morgan fingerprint density at radius 2 is 1.44 bits per heavy atom. The van der Waals surface area contributed by atoms with E-state index < -0.39 is 0 Å². The first-order valence-electron chi connectivity index (χ1n) is 12.4. The number of fused-ring (bicyclic) bond motifs is 1. The van der Waals surface area contributed by atoms with E-state index in [9.17, 15) is 4.79 Å². The second-order valence-corrected chi connectivity index (χ2v) is 9.27. The maximum absolute atomic E-state index is 14.0. The lowest BCUT2D eigenvalue weighted by Crippen LogP contribution is -2.41. The van der Waals surface area contributed by atoms with Gasteiger partial charge in [-0.25, -0.2) is 0 Å². The molecule has 4 nitrogen and oxygen atoms in total. The van der Waals surface area contributed by atoms with Crippen LogP contribution < -0.4 is 9.47 Å². The number of carbonyl (C=O) groups is 1. The van der Waals surface area contributed by atoms with Crippen molar-refractivity contribution in [3.8, 4) is 22.6 Å². The molecule has 0 heterocycles. The molecule has 1 amide bonds. The molecule has 1 aliphatic carbocycles. The minimum Gasteiger partial charge on any atom is -0.497 e. The molecule has 0 aromatic heterocycles. The zero-order chi connectivity index (χ0) is 24.9. The Bertz CT molecular complexity index is 1320. The zero-order valence-electron chi connectivity index (χ0n) is 20.8. The van der Waals surface area contributed by atoms with E-state index in [0.29, 0.717) is 13.0 Å². The highest BCUT2D eigenvalue weighted by molar-refractivity contribution is 5.83. The fraction of sp³-hybridized carbons (Fsp3) is 0.219. The van der Waals surface area contributed by atoms with Gasteiger partial charge in [0.2, 0.25) is 5.91 Å². The van der Waals surface area contributed by atoms with E-state index in [0.717, 1.165) is 46.6 Å². The molecule has 0 N–H and O–H groups in total. The largest absolute Gasteiger partial charge is 0.497 e. The lowest BCUT2D eigenvalue weighted by atomic mass is 9.96. The van der Waals surface area contributed by atoms with Crippen LogP contribution in [0.25, 0.3) is 11.1 Å². The number of nitrogens with zero attached hydrogens (tertiary/aromatic N) is 1. The maximum atomic E-state index is 14.0. The molecule has 0 spiro atoms. The molecule has 0 fully saturated rings. The van der Waals surface area contributed by atoms with Gasteiger partial charge in [0, 0.05) is 12.6 Å². The number of hydrogen-bond donors (Lipinski definition) is 0. The summed E-state index contributed by atoms with van der Waals surface area (Å²) < 4.78 is 11.0. The Morgan fingerprint density at radius 1 is 0.778 bits per heavy atom. The van der Waals surface area contributed by atoms with Crippen LogP contribution in [-0.2, 0) is 30.6 Å². The molecule has 4 aromatic rings. The van der Waals surface area contributed by atoms with Crippen molar-refractivity contribution in [3.63, 3.8) is 0 Å². The van der Waals surface area contributed by atoms with Gasteiger partial charge in [-0.05, 0) is 70.5 Å². The maximum Gasteiger partial charge on any atom is 0.227 e. The van der Waals surface area contributed by atoms with E-state index in [4.69, 9.17) is 9.47 Å². The zero-order valence-corrected chi connectivity index (χ0v) is 20.8. The molecule has 4 aromatic carbocycles. The van der Waals surface area contributed by atoms with E-state index in [2.05, 4.69) is 53.4 Å². The lowest BCUT2D eigenvalue weighted by Gasteiger charge is -2.30. The lowest BCUT2D eigenvalue weighted by molar-refractivity contribution is -0.133. The second-order valence-electron chi connectivity index (χ2n) is 9.27. The van der Waals surface area contributed by atoms with Crippen LogP contribution in [0.4, 0.5) is 0 Å². The van der Waals surface area contributed by atoms with Crippen molar-refractivity contribution in [1.29, 1.82) is 0 Å². The number of amides is 1. The van der Waals surface area contributed by atoms with Gasteiger partial charge in [0.05, 0.1) is 20.6 Å². The van der Waals surface area contributed by atoms with E-state index in [1.165, 1.54) is 11.1 Å². The van der Waals surface area contributed by atoms with Gasteiger partial charge in [-0.15, -0.1) is 0 Å². The van der Waals surface area contributed by atoms with Crippen LogP contribution in [0.2, 0.25) is 0 Å². The predicted octanol–water partition coefficient (Wildman–Crippen LogP) is 6.11. The van der Waals surface area contributed by atoms with Crippen molar-refractivity contribution < 1.29 is 14.3 Å². The predicted molar refractivity (Wildman–Crippen MR) is 143 cm³/mol. The van der Waals surface area contributed by atoms with Crippen molar-refractivity contribution in [1.82, 2.24) is 4.90 Å². The van der Waals surface area contributed by atoms with E-state index >= 15 is 0 Å². The van der Waals surface area contributed by atoms with Crippen LogP contribution in [0.3, 0.4) is 0 Å². The summed E-state index contributed by atoms with van der Waals surface area (Å²) in [5.41, 5.74) is 6.84. The fourth-order valence-corrected chi connectivity index (χ4v) is 5.15. The molecule has 0 radical (unpaired) electrons. The smallest absolute Gasteiger partial charge is 0.227 e. The Morgan fingerprint density at radius 3 is 2.14 bits per heavy atom. The first-order chi connectivity index (χ1) is 17.6. The Labute approximate surface area is 213 Å². The minimum absolute atomic E-state index is 0.112. The summed E-state index contributed by atoms with van der Waals surface area (Å²) in [6, 6.07) is 32.8. The van der Waals surface area contributed by atoms with Crippen LogP contribution in [-0.4, -0.2) is 31.1 Å². The van der Waals surface area contributed by atoms with Gasteiger partial charge in [0.25, 0.3) is 0 Å². The molecule has 5 rings (SSSR count). The van der Waals surface area contributed by atoms with E-state index in [1.807, 2.05) is 48.5 Å². The van der Waals surface area contributed by atoms with Crippen LogP contribution in [0.1, 0.15) is 22.3 Å². The highest BCUT2D eigenvalue weighted by Gasteiger charge is 2.30. The molecular formula is C32H31NO3. The number of benzene rings is 4. The molecule has 0 unspecified atom stereocenters. The quantitative estimate of drug-likeness (QED) is 0.307. The number of carbonyl (C=O) groups excluding carboxylic acids is 1. The summed E-state index contributed by atoms with van der Waals surface area (Å²) in [6.45, 7) is 0.541. The summed E-state index contributed by atoms with van der Waals surface area (Å²) in [6.07, 6.45) is 2.04. The van der Waals surface area contributed by atoms with Gasteiger partial charge in [0.1, 0.15) is 11.5 Å². The highest BCUT2D eigenvalue weighted by atomic mass is 16.5.